The minimum Gasteiger partial charge on any atom is -1.00 e. The Bertz CT molecular complexity index is 442. The Hall–Kier alpha value is 4.35. The third-order valence-corrected chi connectivity index (χ3v) is 8.07. The fraction of sp³-hybridized carbons (Fsp3) is 0. The molecule has 0 aliphatic carbocycles. The molecule has 1 aromatic carbocycles. The first-order chi connectivity index (χ1) is 7.29. The molecule has 0 amide bonds. The quantitative estimate of drug-likeness (QED) is 0.204. The van der Waals surface area contributed by atoms with Gasteiger partial charge in [-0.3, -0.25) is 0 Å². The Balaban J connectivity index is -0.000000320. The van der Waals surface area contributed by atoms with Crippen LogP contribution in [0.1, 0.15) is 23.6 Å². The summed E-state index contributed by atoms with van der Waals surface area (Å²) in [5.74, 6) is -2.08. The standard InChI is InChI=1S/C8H2I4O4.2K.2H/c9-3-1(7(13)14)4(10)6(12)2(5(3)11)8(15)16;;;;/h(H,13,14)(H,15,16);;;;/q;2*+1;2*-1. The second-order valence-electron chi connectivity index (χ2n) is 2.62. The monoisotopic (exact) mass is 750 g/mol. The summed E-state index contributed by atoms with van der Waals surface area (Å²) in [6, 6.07) is 0. The first kappa shape index (κ1) is 24.6. The molecule has 0 heterocycles. The molecule has 0 saturated carbocycles. The average molecular weight is 750 g/mol. The van der Waals surface area contributed by atoms with E-state index in [0.717, 1.165) is 0 Å². The Morgan fingerprint density at radius 3 is 1.00 bits per heavy atom. The molecule has 0 unspecified atom stereocenters. The van der Waals surface area contributed by atoms with Crippen LogP contribution in [0.25, 0.3) is 0 Å². The van der Waals surface area contributed by atoms with Crippen molar-refractivity contribution >= 4 is 102 Å². The molecule has 0 fully saturated rings. The van der Waals surface area contributed by atoms with Crippen LogP contribution in [0.4, 0.5) is 0 Å². The summed E-state index contributed by atoms with van der Waals surface area (Å²) < 4.78 is 1.86. The topological polar surface area (TPSA) is 74.6 Å². The van der Waals surface area contributed by atoms with E-state index in [4.69, 9.17) is 10.2 Å². The van der Waals surface area contributed by atoms with E-state index in [1.165, 1.54) is 0 Å². The van der Waals surface area contributed by atoms with Crippen LogP contribution < -0.4 is 103 Å². The van der Waals surface area contributed by atoms with E-state index in [1.54, 1.807) is 0 Å². The van der Waals surface area contributed by atoms with Gasteiger partial charge >= 0.3 is 115 Å². The van der Waals surface area contributed by atoms with Gasteiger partial charge in [0, 0.05) is 14.3 Å². The fourth-order valence-corrected chi connectivity index (χ4v) is 5.12. The van der Waals surface area contributed by atoms with Crippen LogP contribution in [0.5, 0.6) is 0 Å². The fourth-order valence-electron chi connectivity index (χ4n) is 1.01. The van der Waals surface area contributed by atoms with E-state index in [9.17, 15) is 9.59 Å². The van der Waals surface area contributed by atoms with Crippen molar-refractivity contribution in [2.45, 2.75) is 0 Å². The van der Waals surface area contributed by atoms with Crippen LogP contribution in [0.15, 0.2) is 0 Å². The zero-order chi connectivity index (χ0) is 12.6. The van der Waals surface area contributed by atoms with E-state index in [2.05, 4.69) is 0 Å². The predicted molar refractivity (Wildman–Crippen MR) is 93.5 cm³/mol. The van der Waals surface area contributed by atoms with Crippen molar-refractivity contribution in [3.8, 4) is 0 Å². The first-order valence-electron chi connectivity index (χ1n) is 3.61. The van der Waals surface area contributed by atoms with Gasteiger partial charge in [0.2, 0.25) is 0 Å². The largest absolute Gasteiger partial charge is 1.00 e. The number of carbonyl (C=O) groups is 2. The van der Waals surface area contributed by atoms with Crippen LogP contribution in [0.2, 0.25) is 0 Å². The van der Waals surface area contributed by atoms with Crippen LogP contribution in [0.3, 0.4) is 0 Å². The molecular weight excluding hydrogens is 746 g/mol. The number of carboxylic acid groups (broad SMARTS) is 2. The van der Waals surface area contributed by atoms with Gasteiger partial charge in [0.15, 0.2) is 0 Å². The van der Waals surface area contributed by atoms with Crippen molar-refractivity contribution in [3.05, 3.63) is 25.4 Å². The van der Waals surface area contributed by atoms with Gasteiger partial charge in [0.1, 0.15) is 0 Å². The summed E-state index contributed by atoms with van der Waals surface area (Å²) in [4.78, 5) is 22.1. The maximum Gasteiger partial charge on any atom is 1.00 e. The first-order valence-corrected chi connectivity index (χ1v) is 7.93. The van der Waals surface area contributed by atoms with E-state index < -0.39 is 11.9 Å². The van der Waals surface area contributed by atoms with Crippen molar-refractivity contribution in [1.82, 2.24) is 0 Å². The van der Waals surface area contributed by atoms with Crippen molar-refractivity contribution in [2.75, 3.05) is 0 Å². The zero-order valence-corrected chi connectivity index (χ0v) is 24.1. The average Bonchev–Trinajstić information content (AvgIpc) is 2.14. The van der Waals surface area contributed by atoms with Gasteiger partial charge in [-0.25, -0.2) is 9.59 Å². The van der Waals surface area contributed by atoms with Crippen LogP contribution in [0, 0.1) is 14.3 Å². The molecule has 0 radical (unpaired) electrons. The Kier molecular flexibility index (Phi) is 15.0. The molecule has 18 heavy (non-hydrogen) atoms. The summed E-state index contributed by atoms with van der Waals surface area (Å²) in [6.07, 6.45) is 0. The second-order valence-corrected chi connectivity index (χ2v) is 6.93. The van der Waals surface area contributed by atoms with Crippen LogP contribution in [-0.2, 0) is 0 Å². The van der Waals surface area contributed by atoms with Gasteiger partial charge in [-0.1, -0.05) is 0 Å². The second kappa shape index (κ2) is 11.0. The molecule has 1 aromatic rings. The van der Waals surface area contributed by atoms with Gasteiger partial charge in [0.05, 0.1) is 11.1 Å². The van der Waals surface area contributed by atoms with E-state index in [1.807, 2.05) is 90.4 Å². The normalized spacial score (nSPS) is 9.11. The number of halogens is 4. The number of aromatic carboxylic acids is 2. The molecular formula is C8H4I4K2O4. The third kappa shape index (κ3) is 5.77. The minimum absolute atomic E-state index is 0. The molecule has 4 nitrogen and oxygen atoms in total. The third-order valence-electron chi connectivity index (χ3n) is 1.69. The van der Waals surface area contributed by atoms with Crippen molar-refractivity contribution in [2.24, 2.45) is 0 Å². The molecule has 10 heteroatoms. The van der Waals surface area contributed by atoms with Crippen LogP contribution in [-0.4, -0.2) is 22.2 Å². The van der Waals surface area contributed by atoms with Crippen molar-refractivity contribution < 1.29 is 125 Å². The zero-order valence-electron chi connectivity index (χ0n) is 11.2. The van der Waals surface area contributed by atoms with Crippen LogP contribution >= 0.6 is 90.4 Å². The molecule has 0 saturated heterocycles. The molecule has 0 aliphatic heterocycles. The Labute approximate surface area is 246 Å². The number of benzene rings is 1. The maximum absolute atomic E-state index is 11.1. The molecule has 90 valence electrons. The van der Waals surface area contributed by atoms with E-state index >= 15 is 0 Å². The molecule has 0 aliphatic rings. The van der Waals surface area contributed by atoms with Crippen molar-refractivity contribution in [3.63, 3.8) is 0 Å². The molecule has 1 rings (SSSR count). The summed E-state index contributed by atoms with van der Waals surface area (Å²) in [5, 5.41) is 18.1. The summed E-state index contributed by atoms with van der Waals surface area (Å²) in [5.41, 5.74) is 0.333. The Morgan fingerprint density at radius 2 is 0.889 bits per heavy atom. The summed E-state index contributed by atoms with van der Waals surface area (Å²) in [6.45, 7) is 0. The molecule has 0 aromatic heterocycles. The molecule has 0 bridgehead atoms. The smallest absolute Gasteiger partial charge is 1.00 e. The number of hydrogen-bond acceptors (Lipinski definition) is 2. The molecule has 0 spiro atoms. The molecule has 2 N–H and O–H groups in total. The SMILES string of the molecule is O=C(O)c1c(I)c(I)c(C(=O)O)c(I)c1I.[H-].[H-].[K+].[K+]. The number of hydrogen-bond donors (Lipinski definition) is 2. The Morgan fingerprint density at radius 1 is 0.722 bits per heavy atom. The number of rotatable bonds is 2. The van der Waals surface area contributed by atoms with E-state index in [0.29, 0.717) is 14.3 Å². The maximum atomic E-state index is 11.1. The van der Waals surface area contributed by atoms with Crippen molar-refractivity contribution in [1.29, 1.82) is 0 Å². The van der Waals surface area contributed by atoms with E-state index in [-0.39, 0.29) is 117 Å². The minimum atomic E-state index is -1.04. The number of carboxylic acids is 2. The summed E-state index contributed by atoms with van der Waals surface area (Å²) in [7, 11) is 0. The van der Waals surface area contributed by atoms with Gasteiger partial charge in [-0.05, 0) is 90.4 Å². The predicted octanol–water partition coefficient (Wildman–Crippen LogP) is -2.27. The van der Waals surface area contributed by atoms with Gasteiger partial charge in [-0.2, -0.15) is 0 Å². The van der Waals surface area contributed by atoms with Gasteiger partial charge < -0.3 is 13.1 Å². The summed E-state index contributed by atoms with van der Waals surface area (Å²) >= 11 is 7.45. The van der Waals surface area contributed by atoms with Gasteiger partial charge in [0.25, 0.3) is 0 Å². The van der Waals surface area contributed by atoms with Gasteiger partial charge in [-0.15, -0.1) is 0 Å². The molecule has 0 atom stereocenters.